The molecule has 0 bridgehead atoms. The Labute approximate surface area is 430 Å². The van der Waals surface area contributed by atoms with Gasteiger partial charge in [-0.1, -0.05) is 203 Å². The van der Waals surface area contributed by atoms with Crippen molar-refractivity contribution in [2.24, 2.45) is 5.41 Å². The molecule has 0 fully saturated rings. The molecule has 5 nitrogen and oxygen atoms in total. The third-order valence-corrected chi connectivity index (χ3v) is 13.3. The standard InChI is InChI=1S/C66H52N4O/c1-45(66(2,3)4)57-42-64(67-43-59(57)49-27-15-8-16-28-49)70-60-38-35-50(46-21-9-5-10-22-46)39-58(60)56-37-36-53(41-63(56)70)71-52-30-19-29-51(40-52)68-44-69(62-34-18-17-33-61(62)68)65-54(47-23-11-6-12-24-47)31-20-32-55(65)48-25-13-7-14-26-48/h5-43,45H,1-4H3/i6D,7D,11D,12D,13D,14D,23D,24D,25D,26D,45D. The summed E-state index contributed by atoms with van der Waals surface area (Å²) in [5, 5.41) is 1.98. The minimum absolute atomic E-state index is 0.142. The minimum Gasteiger partial charge on any atom is -0.458 e. The molecular weight excluding hydrogens is 865 g/mol. The molecular formula is C66H52N4O. The second-order valence-corrected chi connectivity index (χ2v) is 18.5. The molecule has 0 saturated carbocycles. The topological polar surface area (TPSA) is 35.9 Å². The number of para-hydroxylation sites is 3. The maximum atomic E-state index is 9.94. The molecule has 0 aliphatic heterocycles. The van der Waals surface area contributed by atoms with E-state index in [9.17, 15) is 1.37 Å². The Balaban J connectivity index is 1.02. The highest BCUT2D eigenvalue weighted by atomic mass is 16.5. The van der Waals surface area contributed by atoms with Crippen LogP contribution in [0.25, 0.3) is 94.5 Å². The van der Waals surface area contributed by atoms with Gasteiger partial charge in [-0.15, -0.1) is 0 Å². The van der Waals surface area contributed by atoms with Crippen LogP contribution < -0.4 is 9.30 Å². The van der Waals surface area contributed by atoms with Crippen molar-refractivity contribution in [3.05, 3.63) is 248 Å². The van der Waals surface area contributed by atoms with Crippen molar-refractivity contribution < 1.29 is 24.4 Å². The summed E-state index contributed by atoms with van der Waals surface area (Å²) in [6.07, 6.45) is 5.35. The second-order valence-electron chi connectivity index (χ2n) is 18.5. The van der Waals surface area contributed by atoms with Crippen LogP contribution in [0.2, 0.25) is 0 Å². The SMILES string of the molecule is [2H]c1c([2H])c([2H])c(-c2cccc(-c3c([2H])c([2H])c([2H])c([2H])c3[2H])c2-[n+]2[c-]n(-c3cccc(Oc4ccc5c6cc(-c7ccccc7)ccc6n(-c6cc(C([2H])(C)C(C)(C)C)c(-c7ccccc7)cn6)c5c4)c3)c3ccccc32)c([2H])c1[2H]. The van der Waals surface area contributed by atoms with Gasteiger partial charge in [0, 0.05) is 30.0 Å². The number of rotatable bonds is 10. The van der Waals surface area contributed by atoms with Crippen LogP contribution in [-0.4, -0.2) is 14.1 Å². The van der Waals surface area contributed by atoms with Crippen LogP contribution in [0.15, 0.2) is 236 Å². The molecule has 0 aliphatic rings. The first-order valence-electron chi connectivity index (χ1n) is 29.0. The van der Waals surface area contributed by atoms with Gasteiger partial charge in [0.05, 0.1) is 47.1 Å². The van der Waals surface area contributed by atoms with Crippen LogP contribution in [-0.2, 0) is 0 Å². The molecule has 0 aliphatic carbocycles. The van der Waals surface area contributed by atoms with Gasteiger partial charge in [0.2, 0.25) is 0 Å². The van der Waals surface area contributed by atoms with Crippen molar-refractivity contribution in [3.8, 4) is 73.2 Å². The van der Waals surface area contributed by atoms with Gasteiger partial charge in [0.1, 0.15) is 17.3 Å². The fourth-order valence-corrected chi connectivity index (χ4v) is 9.45. The fraction of sp³-hybridized carbons (Fsp3) is 0.0909. The molecule has 71 heavy (non-hydrogen) atoms. The van der Waals surface area contributed by atoms with Gasteiger partial charge in [-0.2, -0.15) is 0 Å². The monoisotopic (exact) mass is 927 g/mol. The molecule has 3 heterocycles. The van der Waals surface area contributed by atoms with Crippen LogP contribution in [0.4, 0.5) is 0 Å². The van der Waals surface area contributed by atoms with Gasteiger partial charge in [0.25, 0.3) is 6.33 Å². The van der Waals surface area contributed by atoms with E-state index in [0.29, 0.717) is 34.0 Å². The number of hydrogen-bond acceptors (Lipinski definition) is 2. The Morgan fingerprint density at radius 1 is 0.549 bits per heavy atom. The summed E-state index contributed by atoms with van der Waals surface area (Å²) >= 11 is 0. The molecule has 1 unspecified atom stereocenters. The lowest BCUT2D eigenvalue weighted by molar-refractivity contribution is -0.571. The van der Waals surface area contributed by atoms with E-state index in [-0.39, 0.29) is 27.9 Å². The van der Waals surface area contributed by atoms with Crippen molar-refractivity contribution in [2.75, 3.05) is 0 Å². The normalized spacial score (nSPS) is 14.8. The van der Waals surface area contributed by atoms with Gasteiger partial charge in [-0.05, 0) is 104 Å². The third kappa shape index (κ3) is 8.05. The van der Waals surface area contributed by atoms with E-state index in [2.05, 4.69) is 86.3 Å². The molecule has 0 N–H and O–H groups in total. The van der Waals surface area contributed by atoms with E-state index >= 15 is 0 Å². The summed E-state index contributed by atoms with van der Waals surface area (Å²) in [7, 11) is 0. The zero-order valence-corrected chi connectivity index (χ0v) is 39.4. The summed E-state index contributed by atoms with van der Waals surface area (Å²) in [5.41, 5.74) is 8.11. The number of hydrogen-bond donors (Lipinski definition) is 0. The van der Waals surface area contributed by atoms with E-state index in [4.69, 9.17) is 23.4 Å². The molecule has 12 rings (SSSR count). The Bertz CT molecular complexity index is 4420. The fourth-order valence-electron chi connectivity index (χ4n) is 9.45. The smallest absolute Gasteiger partial charge is 0.269 e. The molecule has 342 valence electrons. The highest BCUT2D eigenvalue weighted by Gasteiger charge is 2.27. The van der Waals surface area contributed by atoms with Gasteiger partial charge in [0.15, 0.2) is 0 Å². The Morgan fingerprint density at radius 3 is 1.90 bits per heavy atom. The molecule has 0 radical (unpaired) electrons. The number of imidazole rings is 1. The van der Waals surface area contributed by atoms with Gasteiger partial charge in [-0.3, -0.25) is 13.7 Å². The lowest BCUT2D eigenvalue weighted by Gasteiger charge is -2.30. The molecule has 1 atom stereocenters. The Morgan fingerprint density at radius 2 is 1.20 bits per heavy atom. The quantitative estimate of drug-likeness (QED) is 0.101. The molecule has 0 amide bonds. The molecule has 5 heteroatoms. The number of nitrogens with zero attached hydrogens (tertiary/aromatic N) is 4. The Hall–Kier alpha value is -8.80. The maximum Gasteiger partial charge on any atom is 0.269 e. The number of benzene rings is 9. The maximum absolute atomic E-state index is 9.94. The van der Waals surface area contributed by atoms with Crippen LogP contribution in [0.1, 0.15) is 54.2 Å². The van der Waals surface area contributed by atoms with E-state index in [1.807, 2.05) is 110 Å². The summed E-state index contributed by atoms with van der Waals surface area (Å²) in [6, 6.07) is 49.1. The molecule has 3 aromatic heterocycles. The predicted octanol–water partition coefficient (Wildman–Crippen LogP) is 16.8. The average molecular weight is 928 g/mol. The first-order chi connectivity index (χ1) is 39.2. The highest BCUT2D eigenvalue weighted by Crippen LogP contribution is 2.43. The number of pyridine rings is 1. The summed E-state index contributed by atoms with van der Waals surface area (Å²) in [6.45, 7) is 8.23. The summed E-state index contributed by atoms with van der Waals surface area (Å²) in [4.78, 5) is 5.17. The lowest BCUT2D eigenvalue weighted by atomic mass is 9.76. The average Bonchev–Trinajstić information content (AvgIpc) is 4.23. The molecule has 0 spiro atoms. The summed E-state index contributed by atoms with van der Waals surface area (Å²) in [5.74, 6) is 0.627. The van der Waals surface area contributed by atoms with E-state index in [0.717, 1.165) is 49.6 Å². The molecule has 0 saturated heterocycles. The Kier molecular flexibility index (Phi) is 8.30. The van der Waals surface area contributed by atoms with Crippen LogP contribution >= 0.6 is 0 Å². The number of fused-ring (bicyclic) bond motifs is 4. The van der Waals surface area contributed by atoms with E-state index in [1.165, 1.54) is 0 Å². The lowest BCUT2D eigenvalue weighted by Crippen LogP contribution is -2.31. The number of ether oxygens (including phenoxy) is 1. The van der Waals surface area contributed by atoms with Gasteiger partial charge < -0.3 is 4.74 Å². The van der Waals surface area contributed by atoms with Crippen molar-refractivity contribution in [1.29, 1.82) is 0 Å². The minimum atomic E-state index is -1.03. The summed E-state index contributed by atoms with van der Waals surface area (Å²) < 4.78 is 110. The van der Waals surface area contributed by atoms with E-state index < -0.39 is 71.7 Å². The van der Waals surface area contributed by atoms with Crippen molar-refractivity contribution in [3.63, 3.8) is 0 Å². The first-order valence-corrected chi connectivity index (χ1v) is 23.5. The van der Waals surface area contributed by atoms with Crippen LogP contribution in [0, 0.1) is 11.7 Å². The predicted molar refractivity (Wildman–Crippen MR) is 292 cm³/mol. The third-order valence-electron chi connectivity index (χ3n) is 13.3. The largest absolute Gasteiger partial charge is 0.458 e. The van der Waals surface area contributed by atoms with E-state index in [1.54, 1.807) is 27.3 Å². The number of aromatic nitrogens is 4. The second kappa shape index (κ2) is 17.9. The van der Waals surface area contributed by atoms with Crippen molar-refractivity contribution in [1.82, 2.24) is 14.1 Å². The van der Waals surface area contributed by atoms with Gasteiger partial charge >= 0.3 is 0 Å². The molecule has 12 aromatic rings. The van der Waals surface area contributed by atoms with Crippen LogP contribution in [0.5, 0.6) is 11.5 Å². The van der Waals surface area contributed by atoms with Crippen molar-refractivity contribution in [2.45, 2.75) is 33.6 Å². The highest BCUT2D eigenvalue weighted by molar-refractivity contribution is 6.10. The molecule has 9 aromatic carbocycles. The van der Waals surface area contributed by atoms with Gasteiger partial charge in [-0.25, -0.2) is 4.98 Å². The zero-order valence-electron chi connectivity index (χ0n) is 50.4. The zero-order chi connectivity index (χ0) is 57.7. The van der Waals surface area contributed by atoms with Crippen molar-refractivity contribution >= 4 is 32.8 Å². The van der Waals surface area contributed by atoms with Crippen LogP contribution in [0.3, 0.4) is 0 Å². The first kappa shape index (κ1) is 32.9.